The molecule has 0 saturated carbocycles. The van der Waals surface area contributed by atoms with Gasteiger partial charge in [0.2, 0.25) is 5.91 Å². The summed E-state index contributed by atoms with van der Waals surface area (Å²) in [5.41, 5.74) is 1.12. The van der Waals surface area contributed by atoms with Crippen LogP contribution in [0.15, 0.2) is 30.3 Å². The van der Waals surface area contributed by atoms with E-state index in [1.165, 1.54) is 5.56 Å². The lowest BCUT2D eigenvalue weighted by molar-refractivity contribution is -0.130. The second-order valence-corrected chi connectivity index (χ2v) is 6.13. The lowest BCUT2D eigenvalue weighted by Crippen LogP contribution is -2.36. The molecule has 0 unspecified atom stereocenters. The minimum absolute atomic E-state index is 0.0134. The zero-order valence-electron chi connectivity index (χ0n) is 13.5. The molecular formula is C17H26BNO2. The van der Waals surface area contributed by atoms with E-state index in [-0.39, 0.29) is 17.8 Å². The van der Waals surface area contributed by atoms with E-state index in [9.17, 15) is 4.79 Å². The zero-order valence-corrected chi connectivity index (χ0v) is 13.5. The van der Waals surface area contributed by atoms with E-state index >= 15 is 0 Å². The average Bonchev–Trinajstić information content (AvgIpc) is 2.44. The molecule has 21 heavy (non-hydrogen) atoms. The third-order valence-corrected chi connectivity index (χ3v) is 3.16. The van der Waals surface area contributed by atoms with Crippen LogP contribution in [0, 0.1) is 0 Å². The van der Waals surface area contributed by atoms with Gasteiger partial charge in [-0.15, -0.1) is 0 Å². The van der Waals surface area contributed by atoms with Gasteiger partial charge < -0.3 is 9.64 Å². The summed E-state index contributed by atoms with van der Waals surface area (Å²) < 4.78 is 5.68. The SMILES string of the molecule is [B]CC(=O)N(CCCc1ccccc1)CCOC(C)(C)C. The second kappa shape index (κ2) is 8.88. The number of ether oxygens (including phenoxy) is 1. The highest BCUT2D eigenvalue weighted by Crippen LogP contribution is 2.08. The van der Waals surface area contributed by atoms with Gasteiger partial charge in [-0.05, 0) is 45.5 Å². The Bertz CT molecular complexity index is 415. The number of amides is 1. The van der Waals surface area contributed by atoms with Gasteiger partial charge in [0.1, 0.15) is 0 Å². The Balaban J connectivity index is 2.38. The topological polar surface area (TPSA) is 29.5 Å². The van der Waals surface area contributed by atoms with Crippen molar-refractivity contribution < 1.29 is 9.53 Å². The van der Waals surface area contributed by atoms with Crippen molar-refractivity contribution in [3.8, 4) is 0 Å². The minimum Gasteiger partial charge on any atom is -0.374 e. The number of rotatable bonds is 8. The average molecular weight is 287 g/mol. The Morgan fingerprint density at radius 2 is 1.86 bits per heavy atom. The van der Waals surface area contributed by atoms with Crippen LogP contribution in [0.4, 0.5) is 0 Å². The summed E-state index contributed by atoms with van der Waals surface area (Å²) in [6, 6.07) is 10.3. The van der Waals surface area contributed by atoms with Crippen molar-refractivity contribution in [3.63, 3.8) is 0 Å². The van der Waals surface area contributed by atoms with Crippen molar-refractivity contribution in [3.05, 3.63) is 35.9 Å². The minimum atomic E-state index is -0.179. The van der Waals surface area contributed by atoms with E-state index in [2.05, 4.69) is 12.1 Å². The summed E-state index contributed by atoms with van der Waals surface area (Å²) in [6.07, 6.45) is 1.96. The number of carbonyl (C=O) groups excluding carboxylic acids is 1. The molecule has 0 aromatic heterocycles. The highest BCUT2D eigenvalue weighted by Gasteiger charge is 2.14. The van der Waals surface area contributed by atoms with Crippen molar-refractivity contribution in [1.29, 1.82) is 0 Å². The van der Waals surface area contributed by atoms with Crippen LogP contribution in [0.5, 0.6) is 0 Å². The van der Waals surface area contributed by atoms with Crippen LogP contribution in [0.25, 0.3) is 0 Å². The van der Waals surface area contributed by atoms with Crippen LogP contribution in [0.2, 0.25) is 6.32 Å². The largest absolute Gasteiger partial charge is 0.374 e. The summed E-state index contributed by atoms with van der Waals surface area (Å²) >= 11 is 0. The molecule has 1 rings (SSSR count). The van der Waals surface area contributed by atoms with Gasteiger partial charge in [0.05, 0.1) is 20.1 Å². The molecule has 2 radical (unpaired) electrons. The van der Waals surface area contributed by atoms with Crippen LogP contribution in [-0.4, -0.2) is 44.0 Å². The van der Waals surface area contributed by atoms with E-state index < -0.39 is 0 Å². The first-order valence-electron chi connectivity index (χ1n) is 7.58. The standard InChI is InChI=1S/C17H26BNO2/c1-17(2,3)21-13-12-19(16(20)14-18)11-7-10-15-8-5-4-6-9-15/h4-6,8-9H,7,10-14H2,1-3H3. The van der Waals surface area contributed by atoms with Crippen LogP contribution in [0.3, 0.4) is 0 Å². The van der Waals surface area contributed by atoms with Gasteiger partial charge in [-0.3, -0.25) is 4.79 Å². The first kappa shape index (κ1) is 17.8. The highest BCUT2D eigenvalue weighted by atomic mass is 16.5. The fourth-order valence-corrected chi connectivity index (χ4v) is 2.07. The molecule has 0 fully saturated rings. The summed E-state index contributed by atoms with van der Waals surface area (Å²) in [7, 11) is 5.48. The number of benzene rings is 1. The molecule has 0 N–H and O–H groups in total. The predicted octanol–water partition coefficient (Wildman–Crippen LogP) is 2.85. The summed E-state index contributed by atoms with van der Waals surface area (Å²) in [6.45, 7) is 7.90. The van der Waals surface area contributed by atoms with Crippen LogP contribution in [0.1, 0.15) is 32.8 Å². The van der Waals surface area contributed by atoms with Crippen molar-refractivity contribution in [2.24, 2.45) is 0 Å². The molecule has 0 heterocycles. The molecule has 0 aliphatic carbocycles. The van der Waals surface area contributed by atoms with Gasteiger partial charge in [-0.25, -0.2) is 0 Å². The maximum Gasteiger partial charge on any atom is 0.213 e. The molecule has 0 aliphatic rings. The first-order chi connectivity index (χ1) is 9.92. The lowest BCUT2D eigenvalue weighted by Gasteiger charge is -2.25. The monoisotopic (exact) mass is 287 g/mol. The molecule has 114 valence electrons. The van der Waals surface area contributed by atoms with E-state index in [1.807, 2.05) is 39.0 Å². The van der Waals surface area contributed by atoms with Crippen LogP contribution in [-0.2, 0) is 16.0 Å². The lowest BCUT2D eigenvalue weighted by atomic mass is 10.0. The fraction of sp³-hybridized carbons (Fsp3) is 0.588. The van der Waals surface area contributed by atoms with Crippen molar-refractivity contribution in [2.45, 2.75) is 45.5 Å². The molecule has 3 nitrogen and oxygen atoms in total. The summed E-state index contributed by atoms with van der Waals surface area (Å²) in [5.74, 6) is -0.0134. The number of nitrogens with zero attached hydrogens (tertiary/aromatic N) is 1. The van der Waals surface area contributed by atoms with Crippen LogP contribution >= 0.6 is 0 Å². The molecule has 1 aromatic carbocycles. The van der Waals surface area contributed by atoms with Gasteiger partial charge in [-0.1, -0.05) is 30.3 Å². The van der Waals surface area contributed by atoms with Crippen molar-refractivity contribution in [1.82, 2.24) is 4.90 Å². The van der Waals surface area contributed by atoms with Gasteiger partial charge in [0, 0.05) is 13.1 Å². The van der Waals surface area contributed by atoms with E-state index in [0.717, 1.165) is 19.4 Å². The normalized spacial score (nSPS) is 11.4. The Morgan fingerprint density at radius 1 is 1.19 bits per heavy atom. The van der Waals surface area contributed by atoms with E-state index in [1.54, 1.807) is 4.90 Å². The molecule has 1 amide bonds. The molecule has 4 heteroatoms. The van der Waals surface area contributed by atoms with Gasteiger partial charge in [-0.2, -0.15) is 0 Å². The Morgan fingerprint density at radius 3 is 2.43 bits per heavy atom. The number of hydrogen-bond acceptors (Lipinski definition) is 2. The Kier molecular flexibility index (Phi) is 7.51. The van der Waals surface area contributed by atoms with Gasteiger partial charge >= 0.3 is 0 Å². The Labute approximate surface area is 130 Å². The van der Waals surface area contributed by atoms with Crippen molar-refractivity contribution in [2.75, 3.05) is 19.7 Å². The zero-order chi connectivity index (χ0) is 15.7. The quantitative estimate of drug-likeness (QED) is 0.688. The number of carbonyl (C=O) groups is 1. The third-order valence-electron chi connectivity index (χ3n) is 3.16. The second-order valence-electron chi connectivity index (χ2n) is 6.13. The fourth-order valence-electron chi connectivity index (χ4n) is 2.07. The van der Waals surface area contributed by atoms with Crippen LogP contribution < -0.4 is 0 Å². The van der Waals surface area contributed by atoms with Gasteiger partial charge in [0.15, 0.2) is 0 Å². The highest BCUT2D eigenvalue weighted by molar-refractivity contribution is 6.19. The maximum atomic E-state index is 11.9. The van der Waals surface area contributed by atoms with E-state index in [0.29, 0.717) is 13.2 Å². The van der Waals surface area contributed by atoms with Crippen molar-refractivity contribution >= 4 is 13.8 Å². The maximum absolute atomic E-state index is 11.9. The molecule has 0 saturated heterocycles. The molecule has 0 bridgehead atoms. The molecule has 0 atom stereocenters. The number of hydrogen-bond donors (Lipinski definition) is 0. The molecule has 0 aliphatic heterocycles. The predicted molar refractivity (Wildman–Crippen MR) is 87.6 cm³/mol. The number of aryl methyl sites for hydroxylation is 1. The van der Waals surface area contributed by atoms with E-state index in [4.69, 9.17) is 12.6 Å². The summed E-state index contributed by atoms with van der Waals surface area (Å²) in [4.78, 5) is 13.7. The molecule has 1 aromatic rings. The van der Waals surface area contributed by atoms with Gasteiger partial charge in [0.25, 0.3) is 0 Å². The Hall–Kier alpha value is -1.29. The first-order valence-corrected chi connectivity index (χ1v) is 7.58. The molecular weight excluding hydrogens is 261 g/mol. The molecule has 0 spiro atoms. The third kappa shape index (κ3) is 7.91. The summed E-state index contributed by atoms with van der Waals surface area (Å²) in [5, 5.41) is 0. The smallest absolute Gasteiger partial charge is 0.213 e.